The Kier molecular flexibility index (Phi) is 3.20. The van der Waals surface area contributed by atoms with Crippen LogP contribution >= 0.6 is 11.6 Å². The van der Waals surface area contributed by atoms with Gasteiger partial charge >= 0.3 is 0 Å². The van der Waals surface area contributed by atoms with Gasteiger partial charge in [0.15, 0.2) is 0 Å². The molecule has 0 saturated carbocycles. The summed E-state index contributed by atoms with van der Waals surface area (Å²) in [4.78, 5) is 0. The molecule has 0 spiro atoms. The number of hydrogen-bond donors (Lipinski definition) is 0. The third kappa shape index (κ3) is 2.27. The van der Waals surface area contributed by atoms with E-state index in [1.165, 1.54) is 0 Å². The molecule has 0 atom stereocenters. The lowest BCUT2D eigenvalue weighted by atomic mass is 10.1. The Balaban J connectivity index is 2.02. The maximum Gasteiger partial charge on any atom is 0.249 e. The summed E-state index contributed by atoms with van der Waals surface area (Å²) in [5.74, 6) is 0.713. The zero-order valence-electron chi connectivity index (χ0n) is 10.2. The fourth-order valence-electron chi connectivity index (χ4n) is 1.81. The molecule has 0 bridgehead atoms. The van der Waals surface area contributed by atoms with Crippen LogP contribution in [0.15, 0.2) is 52.9 Å². The van der Waals surface area contributed by atoms with Crippen molar-refractivity contribution in [2.45, 2.75) is 0 Å². The number of benzene rings is 2. The monoisotopic (exact) mass is 281 g/mol. The third-order valence-electron chi connectivity index (χ3n) is 2.77. The summed E-state index contributed by atoms with van der Waals surface area (Å²) in [5.41, 5.74) is 1.93. The van der Waals surface area contributed by atoms with Crippen LogP contribution in [0.2, 0.25) is 5.02 Å². The summed E-state index contributed by atoms with van der Waals surface area (Å²) >= 11 is 6.09. The topological polar surface area (TPSA) is 62.7 Å². The van der Waals surface area contributed by atoms with Crippen LogP contribution in [0.4, 0.5) is 0 Å². The minimum atomic E-state index is 0.355. The van der Waals surface area contributed by atoms with Gasteiger partial charge in [0, 0.05) is 5.56 Å². The molecule has 1 heterocycles. The van der Waals surface area contributed by atoms with Gasteiger partial charge < -0.3 is 4.42 Å². The van der Waals surface area contributed by atoms with Crippen molar-refractivity contribution >= 4 is 11.6 Å². The van der Waals surface area contributed by atoms with E-state index in [2.05, 4.69) is 16.3 Å². The highest BCUT2D eigenvalue weighted by atomic mass is 35.5. The van der Waals surface area contributed by atoms with Crippen molar-refractivity contribution in [3.63, 3.8) is 0 Å². The molecule has 0 aliphatic rings. The molecule has 1 aromatic heterocycles. The summed E-state index contributed by atoms with van der Waals surface area (Å²) < 4.78 is 5.62. The lowest BCUT2D eigenvalue weighted by Gasteiger charge is -1.97. The molecular formula is C15H8ClN3O. The van der Waals surface area contributed by atoms with Crippen molar-refractivity contribution in [3.8, 4) is 29.0 Å². The number of halogens is 1. The molecule has 0 saturated heterocycles. The summed E-state index contributed by atoms with van der Waals surface area (Å²) in [6.07, 6.45) is 0. The molecule has 0 amide bonds. The lowest BCUT2D eigenvalue weighted by molar-refractivity contribution is 0.584. The number of hydrogen-bond acceptors (Lipinski definition) is 4. The van der Waals surface area contributed by atoms with Crippen LogP contribution in [0.3, 0.4) is 0 Å². The zero-order chi connectivity index (χ0) is 13.9. The highest BCUT2D eigenvalue weighted by Gasteiger charge is 2.12. The Labute approximate surface area is 120 Å². The first-order valence-corrected chi connectivity index (χ1v) is 6.24. The largest absolute Gasteiger partial charge is 0.416 e. The molecule has 0 unspecified atom stereocenters. The standard InChI is InChI=1S/C15H8ClN3O/c16-13-7-2-1-6-12(13)15-19-18-14(20-15)11-5-3-4-10(8-11)9-17/h1-8H. The maximum atomic E-state index is 8.89. The summed E-state index contributed by atoms with van der Waals surface area (Å²) in [5, 5.41) is 17.4. The second kappa shape index (κ2) is 5.16. The quantitative estimate of drug-likeness (QED) is 0.714. The number of aromatic nitrogens is 2. The van der Waals surface area contributed by atoms with Crippen molar-refractivity contribution in [1.82, 2.24) is 10.2 Å². The van der Waals surface area contributed by atoms with Gasteiger partial charge in [0.25, 0.3) is 0 Å². The van der Waals surface area contributed by atoms with Gasteiger partial charge in [0.05, 0.1) is 22.2 Å². The van der Waals surface area contributed by atoms with E-state index in [-0.39, 0.29) is 0 Å². The Morgan fingerprint density at radius 3 is 2.60 bits per heavy atom. The fraction of sp³-hybridized carbons (Fsp3) is 0. The van der Waals surface area contributed by atoms with Gasteiger partial charge in [-0.15, -0.1) is 10.2 Å². The minimum Gasteiger partial charge on any atom is -0.416 e. The SMILES string of the molecule is N#Cc1cccc(-c2nnc(-c3ccccc3Cl)o2)c1. The summed E-state index contributed by atoms with van der Waals surface area (Å²) in [6.45, 7) is 0. The van der Waals surface area contributed by atoms with E-state index >= 15 is 0 Å². The molecule has 3 rings (SSSR count). The second-order valence-corrected chi connectivity index (χ2v) is 4.49. The molecule has 4 nitrogen and oxygen atoms in total. The Morgan fingerprint density at radius 2 is 1.80 bits per heavy atom. The smallest absolute Gasteiger partial charge is 0.249 e. The van der Waals surface area contributed by atoms with Crippen LogP contribution in [-0.2, 0) is 0 Å². The average Bonchev–Trinajstić information content (AvgIpc) is 2.97. The first-order valence-electron chi connectivity index (χ1n) is 5.87. The number of rotatable bonds is 2. The van der Waals surface area contributed by atoms with Crippen molar-refractivity contribution < 1.29 is 4.42 Å². The minimum absolute atomic E-state index is 0.355. The van der Waals surface area contributed by atoms with Gasteiger partial charge in [0.2, 0.25) is 11.8 Å². The molecule has 0 fully saturated rings. The zero-order valence-corrected chi connectivity index (χ0v) is 11.0. The lowest BCUT2D eigenvalue weighted by Crippen LogP contribution is -1.79. The van der Waals surface area contributed by atoms with Crippen LogP contribution in [0.1, 0.15) is 5.56 Å². The molecule has 0 N–H and O–H groups in total. The van der Waals surface area contributed by atoms with Crippen molar-refractivity contribution in [1.29, 1.82) is 5.26 Å². The van der Waals surface area contributed by atoms with E-state index < -0.39 is 0 Å². The van der Waals surface area contributed by atoms with Gasteiger partial charge in [-0.25, -0.2) is 0 Å². The van der Waals surface area contributed by atoms with E-state index in [0.29, 0.717) is 33.5 Å². The highest BCUT2D eigenvalue weighted by Crippen LogP contribution is 2.29. The average molecular weight is 282 g/mol. The van der Waals surface area contributed by atoms with E-state index in [4.69, 9.17) is 21.3 Å². The van der Waals surface area contributed by atoms with E-state index in [1.807, 2.05) is 24.3 Å². The molecule has 96 valence electrons. The molecule has 2 aromatic carbocycles. The first-order chi connectivity index (χ1) is 9.78. The van der Waals surface area contributed by atoms with Crippen LogP contribution in [-0.4, -0.2) is 10.2 Å². The van der Waals surface area contributed by atoms with E-state index in [1.54, 1.807) is 24.3 Å². The molecule has 20 heavy (non-hydrogen) atoms. The van der Waals surface area contributed by atoms with Gasteiger partial charge in [-0.2, -0.15) is 5.26 Å². The Morgan fingerprint density at radius 1 is 1.00 bits per heavy atom. The fourth-order valence-corrected chi connectivity index (χ4v) is 2.02. The van der Waals surface area contributed by atoms with Gasteiger partial charge in [-0.05, 0) is 30.3 Å². The second-order valence-electron chi connectivity index (χ2n) is 4.08. The van der Waals surface area contributed by atoms with Gasteiger partial charge in [-0.1, -0.05) is 29.8 Å². The van der Waals surface area contributed by atoms with Crippen molar-refractivity contribution in [2.75, 3.05) is 0 Å². The van der Waals surface area contributed by atoms with Gasteiger partial charge in [0.1, 0.15) is 0 Å². The highest BCUT2D eigenvalue weighted by molar-refractivity contribution is 6.33. The van der Waals surface area contributed by atoms with E-state index in [0.717, 1.165) is 0 Å². The maximum absolute atomic E-state index is 8.89. The van der Waals surface area contributed by atoms with Crippen LogP contribution in [0.5, 0.6) is 0 Å². The summed E-state index contributed by atoms with van der Waals surface area (Å²) in [6, 6.07) is 16.3. The normalized spacial score (nSPS) is 10.2. The molecule has 3 aromatic rings. The van der Waals surface area contributed by atoms with Crippen molar-refractivity contribution in [2.24, 2.45) is 0 Å². The van der Waals surface area contributed by atoms with Crippen LogP contribution < -0.4 is 0 Å². The van der Waals surface area contributed by atoms with Crippen molar-refractivity contribution in [3.05, 3.63) is 59.1 Å². The van der Waals surface area contributed by atoms with Gasteiger partial charge in [-0.3, -0.25) is 0 Å². The molecule has 0 aliphatic heterocycles. The summed E-state index contributed by atoms with van der Waals surface area (Å²) in [7, 11) is 0. The Bertz CT molecular complexity index is 805. The number of nitrogens with zero attached hydrogens (tertiary/aromatic N) is 3. The van der Waals surface area contributed by atoms with Crippen LogP contribution in [0.25, 0.3) is 22.9 Å². The molecule has 0 aliphatic carbocycles. The Hall–Kier alpha value is -2.64. The molecule has 0 radical (unpaired) electrons. The predicted molar refractivity (Wildman–Crippen MR) is 74.9 cm³/mol. The third-order valence-corrected chi connectivity index (χ3v) is 3.10. The molecule has 5 heteroatoms. The number of nitriles is 1. The molecular weight excluding hydrogens is 274 g/mol. The predicted octanol–water partition coefficient (Wildman–Crippen LogP) is 3.93. The van der Waals surface area contributed by atoms with E-state index in [9.17, 15) is 0 Å². The van der Waals surface area contributed by atoms with Crippen LogP contribution in [0, 0.1) is 11.3 Å². The first kappa shape index (κ1) is 12.4.